The first-order valence-corrected chi connectivity index (χ1v) is 9.20. The Morgan fingerprint density at radius 1 is 1.26 bits per heavy atom. The highest BCUT2D eigenvalue weighted by molar-refractivity contribution is 7.84. The molecule has 4 nitrogen and oxygen atoms in total. The van der Waals surface area contributed by atoms with Crippen molar-refractivity contribution >= 4 is 19.0 Å². The van der Waals surface area contributed by atoms with Crippen LogP contribution in [0.15, 0.2) is 28.9 Å². The first kappa shape index (κ1) is 18.4. The molecule has 0 amide bonds. The molecule has 0 spiro atoms. The molecule has 0 radical (unpaired) electrons. The van der Waals surface area contributed by atoms with Gasteiger partial charge in [-0.25, -0.2) is 4.99 Å². The Labute approximate surface area is 146 Å². The minimum Gasteiger partial charge on any atom is -0.475 e. The third-order valence-electron chi connectivity index (χ3n) is 4.76. The molecule has 0 atom stereocenters. The Balaban J connectivity index is 1.65. The number of aliphatic imine (C=N–C) groups is 1. The average Bonchev–Trinajstić information content (AvgIpc) is 3.06. The summed E-state index contributed by atoms with van der Waals surface area (Å²) in [5, 5.41) is 0. The van der Waals surface area contributed by atoms with Crippen molar-refractivity contribution in [1.82, 2.24) is 9.80 Å². The van der Waals surface area contributed by atoms with Crippen LogP contribution in [0.4, 0.5) is 0 Å². The summed E-state index contributed by atoms with van der Waals surface area (Å²) in [6.45, 7) is 11.1. The molecular formula is C18H31N3OS. The molecular weight excluding hydrogens is 306 g/mol. The lowest BCUT2D eigenvalue weighted by molar-refractivity contribution is 0.0525. The van der Waals surface area contributed by atoms with Gasteiger partial charge in [0.1, 0.15) is 6.10 Å². The first-order valence-electron chi connectivity index (χ1n) is 8.75. The summed E-state index contributed by atoms with van der Waals surface area (Å²) < 4.78 is 5.91. The minimum absolute atomic E-state index is 0.279. The van der Waals surface area contributed by atoms with Gasteiger partial charge in [0, 0.05) is 19.6 Å². The number of ether oxygens (including phenoxy) is 1. The summed E-state index contributed by atoms with van der Waals surface area (Å²) >= 11 is 4.20. The van der Waals surface area contributed by atoms with Gasteiger partial charge in [-0.05, 0) is 69.5 Å². The fraction of sp³-hybridized carbons (Fsp3) is 0.722. The summed E-state index contributed by atoms with van der Waals surface area (Å²) in [5.74, 6) is 0.520. The van der Waals surface area contributed by atoms with E-state index in [0.29, 0.717) is 5.88 Å². The second-order valence-electron chi connectivity index (χ2n) is 6.73. The maximum Gasteiger partial charge on any atom is 0.207 e. The SMILES string of the molecule is C=C(S)CCN(C)/C=N\C(=C)OC1CCC(N2CCCC2)CC1. The van der Waals surface area contributed by atoms with Crippen LogP contribution in [0, 0.1) is 0 Å². The molecule has 0 unspecified atom stereocenters. The van der Waals surface area contributed by atoms with Gasteiger partial charge in [0.05, 0.1) is 6.34 Å². The van der Waals surface area contributed by atoms with Crippen LogP contribution in [0.2, 0.25) is 0 Å². The summed E-state index contributed by atoms with van der Waals surface area (Å²) in [6.07, 6.45) is 10.4. The molecule has 1 heterocycles. The standard InChI is InChI=1S/C18H31N3OS/c1-15(23)10-13-20(3)14-19-16(2)22-18-8-6-17(7-9-18)21-11-4-5-12-21/h14,17-18,23H,1-2,4-13H2,3H3/b19-14-. The van der Waals surface area contributed by atoms with Gasteiger partial charge in [0.25, 0.3) is 0 Å². The van der Waals surface area contributed by atoms with E-state index in [1.165, 1.54) is 38.8 Å². The van der Waals surface area contributed by atoms with Crippen molar-refractivity contribution in [3.63, 3.8) is 0 Å². The van der Waals surface area contributed by atoms with Crippen molar-refractivity contribution in [1.29, 1.82) is 0 Å². The van der Waals surface area contributed by atoms with Crippen LogP contribution >= 0.6 is 12.6 Å². The fourth-order valence-corrected chi connectivity index (χ4v) is 3.48. The van der Waals surface area contributed by atoms with E-state index in [1.54, 1.807) is 6.34 Å². The third-order valence-corrected chi connectivity index (χ3v) is 4.98. The Bertz CT molecular complexity index is 424. The van der Waals surface area contributed by atoms with Crippen LogP contribution in [0.3, 0.4) is 0 Å². The Morgan fingerprint density at radius 2 is 1.91 bits per heavy atom. The number of hydrogen-bond donors (Lipinski definition) is 1. The van der Waals surface area contributed by atoms with Gasteiger partial charge in [-0.15, -0.1) is 12.6 Å². The van der Waals surface area contributed by atoms with Crippen molar-refractivity contribution in [3.8, 4) is 0 Å². The molecule has 5 heteroatoms. The molecule has 0 N–H and O–H groups in total. The number of nitrogens with zero attached hydrogens (tertiary/aromatic N) is 3. The molecule has 1 aliphatic carbocycles. The summed E-state index contributed by atoms with van der Waals surface area (Å²) in [4.78, 5) is 9.86. The van der Waals surface area contributed by atoms with Gasteiger partial charge in [0.2, 0.25) is 5.88 Å². The lowest BCUT2D eigenvalue weighted by Gasteiger charge is -2.34. The van der Waals surface area contributed by atoms with Gasteiger partial charge in [0.15, 0.2) is 0 Å². The summed E-state index contributed by atoms with van der Waals surface area (Å²) in [5.41, 5.74) is 0. The minimum atomic E-state index is 0.279. The van der Waals surface area contributed by atoms with E-state index < -0.39 is 0 Å². The number of thiol groups is 1. The van der Waals surface area contributed by atoms with E-state index in [1.807, 2.05) is 11.9 Å². The topological polar surface area (TPSA) is 28.1 Å². The van der Waals surface area contributed by atoms with Crippen LogP contribution in [0.1, 0.15) is 44.9 Å². The molecule has 130 valence electrons. The normalized spacial score (nSPS) is 25.7. The van der Waals surface area contributed by atoms with Crippen LogP contribution in [0.25, 0.3) is 0 Å². The highest BCUT2D eigenvalue weighted by Crippen LogP contribution is 2.28. The van der Waals surface area contributed by atoms with Gasteiger partial charge < -0.3 is 14.5 Å². The van der Waals surface area contributed by atoms with Crippen LogP contribution in [-0.2, 0) is 4.74 Å². The van der Waals surface area contributed by atoms with Crippen LogP contribution in [-0.4, -0.2) is 55.0 Å². The molecule has 1 aliphatic heterocycles. The van der Waals surface area contributed by atoms with Gasteiger partial charge in [-0.2, -0.15) is 0 Å². The second kappa shape index (κ2) is 9.38. The molecule has 0 aromatic heterocycles. The first-order chi connectivity index (χ1) is 11.0. The monoisotopic (exact) mass is 337 g/mol. The van der Waals surface area contributed by atoms with Crippen molar-refractivity contribution < 1.29 is 4.74 Å². The number of hydrogen-bond acceptors (Lipinski definition) is 4. The zero-order valence-corrected chi connectivity index (χ0v) is 15.3. The van der Waals surface area contributed by atoms with Gasteiger partial charge in [-0.1, -0.05) is 6.58 Å². The summed E-state index contributed by atoms with van der Waals surface area (Å²) in [7, 11) is 1.98. The number of likely N-dealkylation sites (tertiary alicyclic amines) is 1. The second-order valence-corrected chi connectivity index (χ2v) is 7.36. The van der Waals surface area contributed by atoms with E-state index >= 15 is 0 Å². The zero-order valence-electron chi connectivity index (χ0n) is 14.4. The maximum atomic E-state index is 5.91. The van der Waals surface area contributed by atoms with Crippen molar-refractivity contribution in [2.45, 2.75) is 57.1 Å². The highest BCUT2D eigenvalue weighted by Gasteiger charge is 2.28. The Hall–Kier alpha value is -0.940. The predicted molar refractivity (Wildman–Crippen MR) is 101 cm³/mol. The molecule has 1 saturated heterocycles. The third kappa shape index (κ3) is 6.60. The van der Waals surface area contributed by atoms with Crippen molar-refractivity contribution in [2.24, 2.45) is 4.99 Å². The van der Waals surface area contributed by atoms with E-state index in [2.05, 4.69) is 35.7 Å². The Kier molecular flexibility index (Phi) is 7.50. The zero-order chi connectivity index (χ0) is 16.7. The quantitative estimate of drug-likeness (QED) is 0.317. The molecule has 0 bridgehead atoms. The molecule has 0 aromatic rings. The van der Waals surface area contributed by atoms with Gasteiger partial charge in [-0.3, -0.25) is 0 Å². The predicted octanol–water partition coefficient (Wildman–Crippen LogP) is 3.67. The lowest BCUT2D eigenvalue weighted by Crippen LogP contribution is -2.37. The molecule has 2 rings (SSSR count). The van der Waals surface area contributed by atoms with E-state index in [0.717, 1.165) is 36.8 Å². The molecule has 2 fully saturated rings. The largest absolute Gasteiger partial charge is 0.475 e. The van der Waals surface area contributed by atoms with Crippen LogP contribution in [0.5, 0.6) is 0 Å². The van der Waals surface area contributed by atoms with E-state index in [4.69, 9.17) is 4.74 Å². The smallest absolute Gasteiger partial charge is 0.207 e. The molecule has 1 saturated carbocycles. The Morgan fingerprint density at radius 3 is 2.52 bits per heavy atom. The van der Waals surface area contributed by atoms with E-state index in [9.17, 15) is 0 Å². The summed E-state index contributed by atoms with van der Waals surface area (Å²) in [6, 6.07) is 0.773. The number of rotatable bonds is 8. The maximum absolute atomic E-state index is 5.91. The molecule has 2 aliphatic rings. The van der Waals surface area contributed by atoms with Crippen LogP contribution < -0.4 is 0 Å². The lowest BCUT2D eigenvalue weighted by atomic mass is 9.92. The fourth-order valence-electron chi connectivity index (χ4n) is 3.38. The van der Waals surface area contributed by atoms with Gasteiger partial charge >= 0.3 is 0 Å². The average molecular weight is 338 g/mol. The van der Waals surface area contributed by atoms with Crippen molar-refractivity contribution in [2.75, 3.05) is 26.7 Å². The highest BCUT2D eigenvalue weighted by atomic mass is 32.1. The molecule has 23 heavy (non-hydrogen) atoms. The van der Waals surface area contributed by atoms with Crippen molar-refractivity contribution in [3.05, 3.63) is 23.9 Å². The molecule has 0 aromatic carbocycles. The van der Waals surface area contributed by atoms with E-state index in [-0.39, 0.29) is 6.10 Å².